The highest BCUT2D eigenvalue weighted by Gasteiger charge is 2.18. The first-order chi connectivity index (χ1) is 23.3. The van der Waals surface area contributed by atoms with Gasteiger partial charge in [-0.2, -0.15) is 0 Å². The number of furan rings is 1. The van der Waals surface area contributed by atoms with Gasteiger partial charge in [0.15, 0.2) is 17.5 Å². The van der Waals surface area contributed by atoms with E-state index >= 15 is 0 Å². The van der Waals surface area contributed by atoms with Crippen molar-refractivity contribution in [3.63, 3.8) is 0 Å². The Kier molecular flexibility index (Phi) is 6.43. The van der Waals surface area contributed by atoms with Crippen LogP contribution in [-0.4, -0.2) is 15.0 Å². The highest BCUT2D eigenvalue weighted by molar-refractivity contribution is 6.11. The van der Waals surface area contributed by atoms with Crippen molar-refractivity contribution in [2.75, 3.05) is 0 Å². The second kappa shape index (κ2) is 11.2. The first kappa shape index (κ1) is 27.0. The molecule has 2 heterocycles. The molecule has 0 bridgehead atoms. The van der Waals surface area contributed by atoms with E-state index in [4.69, 9.17) is 19.4 Å². The molecule has 9 rings (SSSR count). The minimum absolute atomic E-state index is 0.605. The van der Waals surface area contributed by atoms with Gasteiger partial charge in [-0.1, -0.05) is 146 Å². The summed E-state index contributed by atoms with van der Waals surface area (Å²) in [6, 6.07) is 56.4. The average molecular weight is 602 g/mol. The molecule has 0 aliphatic rings. The molecular weight excluding hydrogens is 574 g/mol. The minimum atomic E-state index is 0.605. The number of nitrogens with zero attached hydrogens (tertiary/aromatic N) is 3. The molecule has 9 aromatic rings. The van der Waals surface area contributed by atoms with Gasteiger partial charge in [0.25, 0.3) is 0 Å². The van der Waals surface area contributed by atoms with Crippen molar-refractivity contribution in [1.29, 1.82) is 0 Å². The maximum Gasteiger partial charge on any atom is 0.164 e. The van der Waals surface area contributed by atoms with Crippen LogP contribution in [0.5, 0.6) is 0 Å². The first-order valence-corrected chi connectivity index (χ1v) is 15.7. The van der Waals surface area contributed by atoms with Crippen LogP contribution in [0.25, 0.3) is 89.1 Å². The van der Waals surface area contributed by atoms with Gasteiger partial charge in [-0.3, -0.25) is 0 Å². The number of hydrogen-bond acceptors (Lipinski definition) is 4. The quantitative estimate of drug-likeness (QED) is 0.197. The fraction of sp³-hybridized carbons (Fsp3) is 0. The van der Waals surface area contributed by atoms with Gasteiger partial charge in [-0.05, 0) is 51.2 Å². The molecule has 4 heteroatoms. The normalized spacial score (nSPS) is 11.4. The van der Waals surface area contributed by atoms with Crippen LogP contribution < -0.4 is 0 Å². The predicted octanol–water partition coefficient (Wildman–Crippen LogP) is 11.3. The Morgan fingerprint density at radius 2 is 0.872 bits per heavy atom. The fourth-order valence-corrected chi connectivity index (χ4v) is 6.34. The zero-order valence-electron chi connectivity index (χ0n) is 25.3. The number of hydrogen-bond donors (Lipinski definition) is 0. The molecule has 0 amide bonds. The molecule has 0 aliphatic heterocycles. The van der Waals surface area contributed by atoms with Gasteiger partial charge in [0.05, 0.1) is 0 Å². The van der Waals surface area contributed by atoms with Crippen molar-refractivity contribution in [3.05, 3.63) is 164 Å². The van der Waals surface area contributed by atoms with E-state index in [1.165, 1.54) is 21.9 Å². The Morgan fingerprint density at radius 3 is 1.62 bits per heavy atom. The van der Waals surface area contributed by atoms with E-state index in [0.29, 0.717) is 17.5 Å². The summed E-state index contributed by atoms with van der Waals surface area (Å²) in [5.41, 5.74) is 9.01. The molecule has 0 N–H and O–H groups in total. The summed E-state index contributed by atoms with van der Waals surface area (Å²) in [5, 5.41) is 4.49. The van der Waals surface area contributed by atoms with Gasteiger partial charge in [0.2, 0.25) is 0 Å². The van der Waals surface area contributed by atoms with Gasteiger partial charge in [0.1, 0.15) is 11.2 Å². The summed E-state index contributed by atoms with van der Waals surface area (Å²) >= 11 is 0. The van der Waals surface area contributed by atoms with Crippen LogP contribution >= 0.6 is 0 Å². The summed E-state index contributed by atoms with van der Waals surface area (Å²) in [5.74, 6) is 1.84. The maximum atomic E-state index is 6.21. The van der Waals surface area contributed by atoms with Crippen molar-refractivity contribution in [2.45, 2.75) is 0 Å². The lowest BCUT2D eigenvalue weighted by Gasteiger charge is -2.10. The Balaban J connectivity index is 1.18. The second-order valence-corrected chi connectivity index (χ2v) is 11.7. The van der Waals surface area contributed by atoms with Crippen molar-refractivity contribution < 1.29 is 4.42 Å². The standard InChI is InChI=1S/C43H27N3O/c1-2-9-28(10-3-1)30-17-22-32(23-18-30)41-44-42(33-24-19-31(20-25-33)35-26-21-29-11-4-5-12-34(29)27-35)46-43(45-41)37-14-8-16-39-40(37)36-13-6-7-15-38(36)47-39/h1-27H. The van der Waals surface area contributed by atoms with Gasteiger partial charge in [-0.25, -0.2) is 15.0 Å². The van der Waals surface area contributed by atoms with Crippen LogP contribution in [0.4, 0.5) is 0 Å². The molecule has 0 atom stereocenters. The maximum absolute atomic E-state index is 6.21. The molecule has 0 fully saturated rings. The predicted molar refractivity (Wildman–Crippen MR) is 192 cm³/mol. The highest BCUT2D eigenvalue weighted by Crippen LogP contribution is 2.37. The van der Waals surface area contributed by atoms with Gasteiger partial charge >= 0.3 is 0 Å². The Hall–Kier alpha value is -6.39. The summed E-state index contributed by atoms with van der Waals surface area (Å²) in [6.45, 7) is 0. The fourth-order valence-electron chi connectivity index (χ4n) is 6.34. The lowest BCUT2D eigenvalue weighted by atomic mass is 10.00. The van der Waals surface area contributed by atoms with Crippen LogP contribution in [0, 0.1) is 0 Å². The molecule has 0 unspecified atom stereocenters. The van der Waals surface area contributed by atoms with Gasteiger partial charge < -0.3 is 4.42 Å². The summed E-state index contributed by atoms with van der Waals surface area (Å²) in [6.07, 6.45) is 0. The van der Waals surface area contributed by atoms with E-state index in [1.807, 2.05) is 36.4 Å². The van der Waals surface area contributed by atoms with Crippen LogP contribution in [0.15, 0.2) is 168 Å². The number of benzene rings is 7. The van der Waals surface area contributed by atoms with E-state index in [-0.39, 0.29) is 0 Å². The zero-order chi connectivity index (χ0) is 31.2. The lowest BCUT2D eigenvalue weighted by molar-refractivity contribution is 0.669. The molecule has 0 saturated carbocycles. The molecular formula is C43H27N3O. The second-order valence-electron chi connectivity index (χ2n) is 11.7. The number of aromatic nitrogens is 3. The molecule has 0 saturated heterocycles. The topological polar surface area (TPSA) is 51.8 Å². The van der Waals surface area contributed by atoms with Crippen molar-refractivity contribution in [1.82, 2.24) is 15.0 Å². The van der Waals surface area contributed by atoms with Crippen LogP contribution in [-0.2, 0) is 0 Å². The van der Waals surface area contributed by atoms with Crippen LogP contribution in [0.1, 0.15) is 0 Å². The third-order valence-electron chi connectivity index (χ3n) is 8.75. The number of rotatable bonds is 5. The van der Waals surface area contributed by atoms with Crippen LogP contribution in [0.3, 0.4) is 0 Å². The van der Waals surface area contributed by atoms with Gasteiger partial charge in [-0.15, -0.1) is 0 Å². The zero-order valence-corrected chi connectivity index (χ0v) is 25.3. The summed E-state index contributed by atoms with van der Waals surface area (Å²) in [4.78, 5) is 15.2. The largest absolute Gasteiger partial charge is 0.456 e. The lowest BCUT2D eigenvalue weighted by Crippen LogP contribution is -2.00. The molecule has 2 aromatic heterocycles. The summed E-state index contributed by atoms with van der Waals surface area (Å²) < 4.78 is 6.21. The van der Waals surface area contributed by atoms with Gasteiger partial charge in [0, 0.05) is 27.5 Å². The Morgan fingerprint density at radius 1 is 0.340 bits per heavy atom. The highest BCUT2D eigenvalue weighted by atomic mass is 16.3. The molecule has 0 aliphatic carbocycles. The van der Waals surface area contributed by atoms with Crippen molar-refractivity contribution in [3.8, 4) is 56.4 Å². The van der Waals surface area contributed by atoms with Crippen molar-refractivity contribution in [2.24, 2.45) is 0 Å². The van der Waals surface area contributed by atoms with Crippen LogP contribution in [0.2, 0.25) is 0 Å². The third kappa shape index (κ3) is 4.93. The average Bonchev–Trinajstić information content (AvgIpc) is 3.54. The third-order valence-corrected chi connectivity index (χ3v) is 8.75. The molecule has 4 nitrogen and oxygen atoms in total. The number of para-hydroxylation sites is 1. The molecule has 0 spiro atoms. The smallest absolute Gasteiger partial charge is 0.164 e. The molecule has 220 valence electrons. The van der Waals surface area contributed by atoms with Crippen molar-refractivity contribution >= 4 is 32.7 Å². The monoisotopic (exact) mass is 601 g/mol. The van der Waals surface area contributed by atoms with E-state index in [0.717, 1.165) is 49.8 Å². The molecule has 7 aromatic carbocycles. The van der Waals surface area contributed by atoms with E-state index < -0.39 is 0 Å². The minimum Gasteiger partial charge on any atom is -0.456 e. The SMILES string of the molecule is c1ccc(-c2ccc(-c3nc(-c4ccc(-c5ccc6ccccc6c5)cc4)nc(-c4cccc5oc6ccccc6c45)n3)cc2)cc1. The Bertz CT molecular complexity index is 2550. The van der Waals surface area contributed by atoms with E-state index in [1.54, 1.807) is 0 Å². The van der Waals surface area contributed by atoms with E-state index in [2.05, 4.69) is 127 Å². The molecule has 0 radical (unpaired) electrons. The number of fused-ring (bicyclic) bond motifs is 4. The Labute approximate surface area is 271 Å². The molecule has 47 heavy (non-hydrogen) atoms. The first-order valence-electron chi connectivity index (χ1n) is 15.7. The summed E-state index contributed by atoms with van der Waals surface area (Å²) in [7, 11) is 0. The van der Waals surface area contributed by atoms with E-state index in [9.17, 15) is 0 Å².